The van der Waals surface area contributed by atoms with Crippen LogP contribution in [0.1, 0.15) is 72.7 Å². The van der Waals surface area contributed by atoms with Crippen molar-refractivity contribution in [2.45, 2.75) is 27.7 Å². The molecule has 0 aliphatic rings. The van der Waals surface area contributed by atoms with Crippen molar-refractivity contribution in [3.8, 4) is 0 Å². The van der Waals surface area contributed by atoms with Crippen LogP contribution in [0, 0.1) is 0 Å². The van der Waals surface area contributed by atoms with Gasteiger partial charge in [0.1, 0.15) is 23.3 Å². The van der Waals surface area contributed by atoms with E-state index < -0.39 is 0 Å². The predicted octanol–water partition coefficient (Wildman–Crippen LogP) is 6.57. The maximum Gasteiger partial charge on any atom is 0.222 e. The maximum atomic E-state index is 11.6. The highest BCUT2D eigenvalue weighted by molar-refractivity contribution is 5.90. The summed E-state index contributed by atoms with van der Waals surface area (Å²) < 4.78 is 0. The molecule has 0 bridgehead atoms. The van der Waals surface area contributed by atoms with E-state index >= 15 is 0 Å². The molecule has 0 radical (unpaired) electrons. The molecule has 270 valence electrons. The van der Waals surface area contributed by atoms with Crippen molar-refractivity contribution in [3.63, 3.8) is 0 Å². The normalized spacial score (nSPS) is 11.3. The summed E-state index contributed by atoms with van der Waals surface area (Å²) in [7, 11) is 0. The quantitative estimate of drug-likeness (QED) is 0.109. The van der Waals surface area contributed by atoms with Crippen LogP contribution in [0.25, 0.3) is 48.6 Å². The largest absolute Gasteiger partial charge is 0.311 e. The number of carbonyl (C=O) groups excluding carboxylic acids is 4. The molecule has 4 N–H and O–H groups in total. The highest BCUT2D eigenvalue weighted by atomic mass is 16.2. The van der Waals surface area contributed by atoms with Crippen LogP contribution in [0.5, 0.6) is 0 Å². The number of carbonyl (C=O) groups is 4. The minimum atomic E-state index is -0.240. The molecule has 0 fully saturated rings. The van der Waals surface area contributed by atoms with E-state index in [0.29, 0.717) is 46.0 Å². The Hall–Kier alpha value is -7.48. The Balaban J connectivity index is 1.63. The van der Waals surface area contributed by atoms with Crippen LogP contribution in [0.15, 0.2) is 73.3 Å². The Kier molecular flexibility index (Phi) is 12.7. The third-order valence-electron chi connectivity index (χ3n) is 7.09. The van der Waals surface area contributed by atoms with Gasteiger partial charge in [0.25, 0.3) is 0 Å². The smallest absolute Gasteiger partial charge is 0.222 e. The zero-order valence-corrected chi connectivity index (χ0v) is 29.9. The average molecular weight is 721 g/mol. The van der Waals surface area contributed by atoms with Crippen molar-refractivity contribution in [1.82, 2.24) is 29.9 Å². The van der Waals surface area contributed by atoms with Gasteiger partial charge >= 0.3 is 0 Å². The lowest BCUT2D eigenvalue weighted by atomic mass is 10.1. The number of anilines is 4. The molecule has 5 heterocycles. The Morgan fingerprint density at radius 1 is 0.389 bits per heavy atom. The lowest BCUT2D eigenvalue weighted by Gasteiger charge is -2.08. The van der Waals surface area contributed by atoms with E-state index in [0.717, 1.165) is 22.3 Å². The van der Waals surface area contributed by atoms with E-state index in [1.54, 1.807) is 73.3 Å². The standard InChI is InChI=1S/C40H36N10O4/c1-25(51)45-37-21-29(13-17-41-37)5-9-33-34(10-6-30-14-18-42-38(22-30)46-26(2)52)50-36(12-8-32-16-20-44-40(24-32)48-28(4)54)35(49-33)11-7-31-15-19-43-39(23-31)47-27(3)53/h5-24H,1-4H3,(H,41,45,51)(H,42,46,52)(H,43,47,53)(H,44,48,54). The average Bonchev–Trinajstić information content (AvgIpc) is 3.11. The minimum Gasteiger partial charge on any atom is -0.311 e. The van der Waals surface area contributed by atoms with Gasteiger partial charge in [0.2, 0.25) is 23.6 Å². The number of aromatic nitrogens is 6. The molecule has 0 saturated heterocycles. The fourth-order valence-electron chi connectivity index (χ4n) is 4.88. The van der Waals surface area contributed by atoms with Crippen molar-refractivity contribution in [1.29, 1.82) is 0 Å². The first kappa shape index (κ1) is 37.8. The first-order valence-electron chi connectivity index (χ1n) is 16.6. The van der Waals surface area contributed by atoms with E-state index in [2.05, 4.69) is 41.2 Å². The van der Waals surface area contributed by atoms with E-state index in [1.165, 1.54) is 27.7 Å². The summed E-state index contributed by atoms with van der Waals surface area (Å²) >= 11 is 0. The second-order valence-electron chi connectivity index (χ2n) is 11.7. The van der Waals surface area contributed by atoms with Crippen LogP contribution in [0.3, 0.4) is 0 Å². The summed E-state index contributed by atoms with van der Waals surface area (Å²) in [5.41, 5.74) is 5.10. The lowest BCUT2D eigenvalue weighted by Crippen LogP contribution is -2.07. The highest BCUT2D eigenvalue weighted by Gasteiger charge is 2.10. The maximum absolute atomic E-state index is 11.6. The van der Waals surface area contributed by atoms with Crippen molar-refractivity contribution in [2.75, 3.05) is 21.3 Å². The molecular formula is C40H36N10O4. The molecule has 0 aliphatic heterocycles. The number of hydrogen-bond acceptors (Lipinski definition) is 10. The predicted molar refractivity (Wildman–Crippen MR) is 212 cm³/mol. The van der Waals surface area contributed by atoms with Crippen LogP contribution in [-0.2, 0) is 19.2 Å². The fourth-order valence-corrected chi connectivity index (χ4v) is 4.88. The molecule has 4 amide bonds. The molecular weight excluding hydrogens is 685 g/mol. The topological polar surface area (TPSA) is 194 Å². The lowest BCUT2D eigenvalue weighted by molar-refractivity contribution is -0.115. The zero-order valence-electron chi connectivity index (χ0n) is 29.9. The molecule has 5 aromatic heterocycles. The second kappa shape index (κ2) is 18.1. The molecule has 54 heavy (non-hydrogen) atoms. The van der Waals surface area contributed by atoms with Crippen LogP contribution < -0.4 is 21.3 Å². The van der Waals surface area contributed by atoms with Gasteiger partial charge < -0.3 is 21.3 Å². The van der Waals surface area contributed by atoms with Crippen LogP contribution in [-0.4, -0.2) is 53.5 Å². The van der Waals surface area contributed by atoms with Gasteiger partial charge in [-0.1, -0.05) is 24.3 Å². The third kappa shape index (κ3) is 11.8. The minimum absolute atomic E-state index is 0.240. The van der Waals surface area contributed by atoms with Gasteiger partial charge in [-0.2, -0.15) is 0 Å². The summed E-state index contributed by atoms with van der Waals surface area (Å²) in [5.74, 6) is 0.658. The van der Waals surface area contributed by atoms with E-state index in [1.807, 2.05) is 48.6 Å². The van der Waals surface area contributed by atoms with Gasteiger partial charge in [-0.25, -0.2) is 29.9 Å². The number of rotatable bonds is 12. The Morgan fingerprint density at radius 3 is 0.815 bits per heavy atom. The van der Waals surface area contributed by atoms with Crippen LogP contribution >= 0.6 is 0 Å². The second-order valence-corrected chi connectivity index (χ2v) is 11.7. The Bertz CT molecular complexity index is 2010. The summed E-state index contributed by atoms with van der Waals surface area (Å²) in [5, 5.41) is 10.8. The summed E-state index contributed by atoms with van der Waals surface area (Å²) in [6.07, 6.45) is 20.9. The van der Waals surface area contributed by atoms with Crippen LogP contribution in [0.2, 0.25) is 0 Å². The molecule has 0 aliphatic carbocycles. The molecule has 5 rings (SSSR count). The number of amides is 4. The number of nitrogens with zero attached hydrogens (tertiary/aromatic N) is 6. The van der Waals surface area contributed by atoms with Gasteiger partial charge in [0, 0.05) is 52.5 Å². The SMILES string of the molecule is CC(=O)Nc1cc(C=Cc2nc(C=Cc3ccnc(NC(C)=O)c3)c(C=Cc3ccnc(NC(C)=O)c3)nc2C=Cc2ccnc(NC(C)=O)c2)ccn1. The monoisotopic (exact) mass is 720 g/mol. The molecule has 0 atom stereocenters. The van der Waals surface area contributed by atoms with Crippen molar-refractivity contribution < 1.29 is 19.2 Å². The molecule has 5 aromatic rings. The summed E-state index contributed by atoms with van der Waals surface area (Å²) in [6.45, 7) is 5.65. The van der Waals surface area contributed by atoms with E-state index in [-0.39, 0.29) is 23.6 Å². The van der Waals surface area contributed by atoms with Crippen LogP contribution in [0.4, 0.5) is 23.3 Å². The van der Waals surface area contributed by atoms with Crippen molar-refractivity contribution in [2.24, 2.45) is 0 Å². The summed E-state index contributed by atoms with van der Waals surface area (Å²) in [6, 6.07) is 14.1. The molecule has 0 aromatic carbocycles. The molecule has 14 nitrogen and oxygen atoms in total. The number of nitrogens with one attached hydrogen (secondary N) is 4. The molecule has 0 spiro atoms. The van der Waals surface area contributed by atoms with Gasteiger partial charge in [-0.15, -0.1) is 0 Å². The van der Waals surface area contributed by atoms with Gasteiger partial charge in [-0.3, -0.25) is 19.2 Å². The molecule has 14 heteroatoms. The third-order valence-corrected chi connectivity index (χ3v) is 7.09. The molecule has 0 saturated carbocycles. The Morgan fingerprint density at radius 2 is 0.611 bits per heavy atom. The van der Waals surface area contributed by atoms with Gasteiger partial charge in [-0.05, 0) is 95.1 Å². The van der Waals surface area contributed by atoms with Crippen molar-refractivity contribution >= 4 is 95.5 Å². The first-order chi connectivity index (χ1) is 26.0. The zero-order chi connectivity index (χ0) is 38.5. The number of hydrogen-bond donors (Lipinski definition) is 4. The fraction of sp³-hybridized carbons (Fsp3) is 0.100. The van der Waals surface area contributed by atoms with Gasteiger partial charge in [0.05, 0.1) is 22.8 Å². The summed E-state index contributed by atoms with van der Waals surface area (Å²) in [4.78, 5) is 73.4. The van der Waals surface area contributed by atoms with E-state index in [4.69, 9.17) is 9.97 Å². The van der Waals surface area contributed by atoms with E-state index in [9.17, 15) is 19.2 Å². The Labute approximate surface area is 311 Å². The highest BCUT2D eigenvalue weighted by Crippen LogP contribution is 2.22. The first-order valence-corrected chi connectivity index (χ1v) is 16.6. The van der Waals surface area contributed by atoms with Crippen molar-refractivity contribution in [3.05, 3.63) is 118 Å². The number of pyridine rings is 4. The van der Waals surface area contributed by atoms with Gasteiger partial charge in [0.15, 0.2) is 0 Å². The molecule has 0 unspecified atom stereocenters.